The molecule has 0 rings (SSSR count). The summed E-state index contributed by atoms with van der Waals surface area (Å²) in [6, 6.07) is 1.64. The number of unbranched alkanes of at least 4 members (excludes halogenated alkanes) is 2. The van der Waals surface area contributed by atoms with Gasteiger partial charge < -0.3 is 0 Å². The van der Waals surface area contributed by atoms with Crippen LogP contribution in [0.4, 0.5) is 0 Å². The van der Waals surface area contributed by atoms with E-state index in [0.29, 0.717) is 0 Å². The quantitative estimate of drug-likeness (QED) is 0.680. The molecule has 0 aliphatic rings. The van der Waals surface area contributed by atoms with Gasteiger partial charge >= 0.3 is 0 Å². The molecule has 5 heteroatoms. The van der Waals surface area contributed by atoms with E-state index in [9.17, 15) is 8.42 Å². The molecular formula is C10H20N2O2S. The third kappa shape index (κ3) is 5.75. The molecule has 0 saturated heterocycles. The smallest absolute Gasteiger partial charge is 0.211 e. The molecule has 0 aromatic rings. The molecule has 2 unspecified atom stereocenters. The summed E-state index contributed by atoms with van der Waals surface area (Å²) in [4.78, 5) is 0. The zero-order chi connectivity index (χ0) is 11.9. The molecule has 0 spiro atoms. The Morgan fingerprint density at radius 2 is 1.93 bits per heavy atom. The van der Waals surface area contributed by atoms with Crippen molar-refractivity contribution < 1.29 is 8.42 Å². The van der Waals surface area contributed by atoms with Gasteiger partial charge in [-0.05, 0) is 20.3 Å². The Morgan fingerprint density at radius 3 is 2.40 bits per heavy atom. The predicted molar refractivity (Wildman–Crippen MR) is 60.7 cm³/mol. The summed E-state index contributed by atoms with van der Waals surface area (Å²) in [7, 11) is -3.46. The number of nitrogens with zero attached hydrogens (tertiary/aromatic N) is 1. The average Bonchev–Trinajstić information content (AvgIpc) is 2.16. The molecule has 1 N–H and O–H groups in total. The highest BCUT2D eigenvalue weighted by atomic mass is 32.2. The van der Waals surface area contributed by atoms with Gasteiger partial charge in [0, 0.05) is 6.04 Å². The van der Waals surface area contributed by atoms with Crippen molar-refractivity contribution in [2.45, 2.75) is 57.7 Å². The van der Waals surface area contributed by atoms with E-state index in [0.717, 1.165) is 25.7 Å². The van der Waals surface area contributed by atoms with E-state index in [-0.39, 0.29) is 6.04 Å². The van der Waals surface area contributed by atoms with Gasteiger partial charge in [0.2, 0.25) is 10.0 Å². The monoisotopic (exact) mass is 232 g/mol. The first-order chi connectivity index (χ1) is 6.94. The van der Waals surface area contributed by atoms with Crippen molar-refractivity contribution in [2.75, 3.05) is 0 Å². The van der Waals surface area contributed by atoms with Crippen LogP contribution in [0.15, 0.2) is 0 Å². The molecule has 4 nitrogen and oxygen atoms in total. The number of hydrogen-bond donors (Lipinski definition) is 1. The van der Waals surface area contributed by atoms with Gasteiger partial charge in [0.25, 0.3) is 0 Å². The van der Waals surface area contributed by atoms with E-state index in [1.807, 2.05) is 6.92 Å². The molecule has 0 amide bonds. The van der Waals surface area contributed by atoms with Gasteiger partial charge in [0.05, 0.1) is 6.07 Å². The number of sulfonamides is 1. The largest absolute Gasteiger partial charge is 0.227 e. The number of hydrogen-bond acceptors (Lipinski definition) is 3. The van der Waals surface area contributed by atoms with E-state index >= 15 is 0 Å². The van der Waals surface area contributed by atoms with Crippen LogP contribution in [0.25, 0.3) is 0 Å². The molecule has 0 saturated carbocycles. The normalized spacial score (nSPS) is 15.6. The summed E-state index contributed by atoms with van der Waals surface area (Å²) in [6.45, 7) is 5.32. The maximum atomic E-state index is 11.5. The van der Waals surface area contributed by atoms with Crippen LogP contribution in [0.5, 0.6) is 0 Å². The lowest BCUT2D eigenvalue weighted by molar-refractivity contribution is 0.524. The van der Waals surface area contributed by atoms with Crippen LogP contribution in [-0.2, 0) is 10.0 Å². The molecule has 0 aliphatic carbocycles. The molecular weight excluding hydrogens is 212 g/mol. The summed E-state index contributed by atoms with van der Waals surface area (Å²) in [5, 5.41) is 7.55. The van der Waals surface area contributed by atoms with Gasteiger partial charge in [-0.25, -0.2) is 13.1 Å². The van der Waals surface area contributed by atoms with E-state index in [1.165, 1.54) is 6.92 Å². The highest BCUT2D eigenvalue weighted by molar-refractivity contribution is 7.90. The molecule has 0 radical (unpaired) electrons. The maximum absolute atomic E-state index is 11.5. The zero-order valence-corrected chi connectivity index (χ0v) is 10.5. The van der Waals surface area contributed by atoms with Gasteiger partial charge in [-0.3, -0.25) is 0 Å². The van der Waals surface area contributed by atoms with Crippen LogP contribution in [-0.4, -0.2) is 19.7 Å². The molecule has 0 fully saturated rings. The summed E-state index contributed by atoms with van der Waals surface area (Å²) in [5.74, 6) is 0. The maximum Gasteiger partial charge on any atom is 0.227 e. The first-order valence-corrected chi connectivity index (χ1v) is 6.89. The Bertz CT molecular complexity index is 306. The Labute approximate surface area is 92.7 Å². The highest BCUT2D eigenvalue weighted by Crippen LogP contribution is 2.05. The Hall–Kier alpha value is -0.600. The van der Waals surface area contributed by atoms with Crippen LogP contribution < -0.4 is 4.72 Å². The molecule has 0 bridgehead atoms. The van der Waals surface area contributed by atoms with E-state index in [2.05, 4.69) is 11.6 Å². The topological polar surface area (TPSA) is 70.0 Å². The van der Waals surface area contributed by atoms with E-state index in [1.54, 1.807) is 6.07 Å². The fraction of sp³-hybridized carbons (Fsp3) is 0.900. The molecule has 0 aliphatic heterocycles. The number of nitriles is 1. The standard InChI is InChI=1S/C10H20N2O2S/c1-4-5-6-7-9(2)12-15(13,14)10(3)8-11/h9-10,12H,4-7H2,1-3H3. The van der Waals surface area contributed by atoms with Crippen LogP contribution in [0, 0.1) is 11.3 Å². The summed E-state index contributed by atoms with van der Waals surface area (Å²) < 4.78 is 25.5. The lowest BCUT2D eigenvalue weighted by Crippen LogP contribution is -2.37. The fourth-order valence-electron chi connectivity index (χ4n) is 1.21. The van der Waals surface area contributed by atoms with Gasteiger partial charge in [-0.15, -0.1) is 0 Å². The minimum Gasteiger partial charge on any atom is -0.211 e. The number of nitrogens with one attached hydrogen (secondary N) is 1. The Balaban J connectivity index is 4.07. The predicted octanol–water partition coefficient (Wildman–Crippen LogP) is 1.79. The fourth-order valence-corrected chi connectivity index (χ4v) is 2.23. The minimum atomic E-state index is -3.46. The van der Waals surface area contributed by atoms with Crippen molar-refractivity contribution in [3.63, 3.8) is 0 Å². The van der Waals surface area contributed by atoms with Crippen LogP contribution in [0.1, 0.15) is 46.5 Å². The van der Waals surface area contributed by atoms with Crippen molar-refractivity contribution in [1.29, 1.82) is 5.26 Å². The van der Waals surface area contributed by atoms with E-state index in [4.69, 9.17) is 5.26 Å². The second-order valence-corrected chi connectivity index (χ2v) is 5.86. The SMILES string of the molecule is CCCCCC(C)NS(=O)(=O)C(C)C#N. The molecule has 88 valence electrons. The summed E-state index contributed by atoms with van der Waals surface area (Å²) in [6.07, 6.45) is 4.07. The molecule has 0 heterocycles. The Morgan fingerprint density at radius 1 is 1.33 bits per heavy atom. The van der Waals surface area contributed by atoms with Crippen LogP contribution >= 0.6 is 0 Å². The van der Waals surface area contributed by atoms with Gasteiger partial charge in [0.1, 0.15) is 0 Å². The summed E-state index contributed by atoms with van der Waals surface area (Å²) in [5.41, 5.74) is 0. The van der Waals surface area contributed by atoms with Crippen LogP contribution in [0.2, 0.25) is 0 Å². The third-order valence-corrected chi connectivity index (χ3v) is 4.02. The molecule has 2 atom stereocenters. The second-order valence-electron chi connectivity index (χ2n) is 3.83. The van der Waals surface area contributed by atoms with Crippen molar-refractivity contribution in [3.8, 4) is 6.07 Å². The average molecular weight is 232 g/mol. The first-order valence-electron chi connectivity index (χ1n) is 5.34. The first kappa shape index (κ1) is 14.4. The molecule has 0 aromatic carbocycles. The minimum absolute atomic E-state index is 0.0858. The van der Waals surface area contributed by atoms with E-state index < -0.39 is 15.3 Å². The Kier molecular flexibility index (Phi) is 6.53. The third-order valence-electron chi connectivity index (χ3n) is 2.25. The van der Waals surface area contributed by atoms with Crippen molar-refractivity contribution in [2.24, 2.45) is 0 Å². The van der Waals surface area contributed by atoms with Gasteiger partial charge in [-0.1, -0.05) is 26.2 Å². The lowest BCUT2D eigenvalue weighted by Gasteiger charge is -2.14. The summed E-state index contributed by atoms with van der Waals surface area (Å²) >= 11 is 0. The zero-order valence-electron chi connectivity index (χ0n) is 9.66. The van der Waals surface area contributed by atoms with Gasteiger partial charge in [0.15, 0.2) is 5.25 Å². The van der Waals surface area contributed by atoms with Crippen molar-refractivity contribution in [3.05, 3.63) is 0 Å². The molecule has 0 aromatic heterocycles. The highest BCUT2D eigenvalue weighted by Gasteiger charge is 2.21. The van der Waals surface area contributed by atoms with Crippen molar-refractivity contribution >= 4 is 10.0 Å². The van der Waals surface area contributed by atoms with Crippen molar-refractivity contribution in [1.82, 2.24) is 4.72 Å². The molecule has 15 heavy (non-hydrogen) atoms. The second kappa shape index (κ2) is 6.81. The van der Waals surface area contributed by atoms with Crippen LogP contribution in [0.3, 0.4) is 0 Å². The number of rotatable bonds is 7. The van der Waals surface area contributed by atoms with Gasteiger partial charge in [-0.2, -0.15) is 5.26 Å². The lowest BCUT2D eigenvalue weighted by atomic mass is 10.1.